The molecule has 0 bridgehead atoms. The van der Waals surface area contributed by atoms with Gasteiger partial charge in [-0.05, 0) is 30.9 Å². The maximum Gasteiger partial charge on any atom is 0.422 e. The van der Waals surface area contributed by atoms with Gasteiger partial charge in [-0.3, -0.25) is 4.79 Å². The van der Waals surface area contributed by atoms with Crippen LogP contribution in [0.3, 0.4) is 0 Å². The molecule has 2 N–H and O–H groups in total. The van der Waals surface area contributed by atoms with Gasteiger partial charge in [0.2, 0.25) is 5.91 Å². The number of benzene rings is 1. The molecule has 0 saturated carbocycles. The smallest absolute Gasteiger partial charge is 0.422 e. The summed E-state index contributed by atoms with van der Waals surface area (Å²) >= 11 is 0. The van der Waals surface area contributed by atoms with Gasteiger partial charge in [0.1, 0.15) is 5.82 Å². The van der Waals surface area contributed by atoms with E-state index in [9.17, 15) is 22.8 Å². The number of piperidine rings is 1. The lowest BCUT2D eigenvalue weighted by molar-refractivity contribution is -0.162. The maximum absolute atomic E-state index is 12.8. The molecule has 3 rings (SSSR count). The number of halogens is 3. The number of alkyl halides is 3. The van der Waals surface area contributed by atoms with Crippen molar-refractivity contribution in [3.63, 3.8) is 0 Å². The summed E-state index contributed by atoms with van der Waals surface area (Å²) in [6, 6.07) is 7.30. The fraction of sp³-hybridized carbons (Fsp3) is 0.550. The summed E-state index contributed by atoms with van der Waals surface area (Å²) in [7, 11) is 0. The number of amides is 2. The number of hydrogen-bond acceptors (Lipinski definition) is 4. The van der Waals surface area contributed by atoms with Crippen molar-refractivity contribution < 1.29 is 27.5 Å². The van der Waals surface area contributed by atoms with Crippen molar-refractivity contribution in [2.75, 3.05) is 19.7 Å². The van der Waals surface area contributed by atoms with Crippen molar-refractivity contribution >= 4 is 23.0 Å². The van der Waals surface area contributed by atoms with E-state index in [1.54, 1.807) is 0 Å². The number of nitrogens with zero attached hydrogens (tertiary/aromatic N) is 2. The third kappa shape index (κ3) is 5.43. The lowest BCUT2D eigenvalue weighted by Gasteiger charge is -2.32. The van der Waals surface area contributed by atoms with Gasteiger partial charge in [0.05, 0.1) is 17.1 Å². The Morgan fingerprint density at radius 1 is 1.27 bits per heavy atom. The Morgan fingerprint density at radius 2 is 1.93 bits per heavy atom. The molecule has 1 aromatic heterocycles. The van der Waals surface area contributed by atoms with E-state index < -0.39 is 18.9 Å². The molecule has 164 valence electrons. The number of imidazole rings is 1. The first-order valence-electron chi connectivity index (χ1n) is 9.87. The number of para-hydroxylation sites is 2. The molecule has 1 aromatic carbocycles. The Kier molecular flexibility index (Phi) is 6.52. The highest BCUT2D eigenvalue weighted by atomic mass is 19.4. The Balaban J connectivity index is 1.56. The van der Waals surface area contributed by atoms with Crippen LogP contribution >= 0.6 is 0 Å². The third-order valence-corrected chi connectivity index (χ3v) is 5.15. The highest BCUT2D eigenvalue weighted by Crippen LogP contribution is 2.25. The molecule has 2 aromatic rings. The average Bonchev–Trinajstić information content (AvgIpc) is 3.13. The molecule has 0 spiro atoms. The van der Waals surface area contributed by atoms with Crippen LogP contribution in [-0.4, -0.2) is 52.7 Å². The van der Waals surface area contributed by atoms with Crippen molar-refractivity contribution in [3.8, 4) is 0 Å². The van der Waals surface area contributed by atoms with E-state index in [0.29, 0.717) is 18.7 Å². The van der Waals surface area contributed by atoms with Gasteiger partial charge in [0, 0.05) is 19.0 Å². The first-order valence-corrected chi connectivity index (χ1v) is 9.87. The number of nitrogens with one attached hydrogen (secondary N) is 2. The summed E-state index contributed by atoms with van der Waals surface area (Å²) in [4.78, 5) is 33.6. The summed E-state index contributed by atoms with van der Waals surface area (Å²) in [5.41, 5.74) is 1.70. The molecule has 1 aliphatic rings. The second kappa shape index (κ2) is 8.93. The van der Waals surface area contributed by atoms with Crippen molar-refractivity contribution in [1.82, 2.24) is 20.2 Å². The van der Waals surface area contributed by atoms with Crippen LogP contribution in [0, 0.1) is 11.8 Å². The summed E-state index contributed by atoms with van der Waals surface area (Å²) < 4.78 is 40.8. The zero-order chi connectivity index (χ0) is 21.9. The Hall–Kier alpha value is -2.78. The second-order valence-corrected chi connectivity index (χ2v) is 7.80. The summed E-state index contributed by atoms with van der Waals surface area (Å²) in [6.45, 7) is 2.70. The molecule has 10 heteroatoms. The fourth-order valence-corrected chi connectivity index (χ4v) is 3.50. The lowest BCUT2D eigenvalue weighted by Crippen LogP contribution is -2.45. The molecule has 0 radical (unpaired) electrons. The van der Waals surface area contributed by atoms with Crippen molar-refractivity contribution in [2.45, 2.75) is 38.9 Å². The summed E-state index contributed by atoms with van der Waals surface area (Å²) in [5.74, 6) is 0.277. The second-order valence-electron chi connectivity index (χ2n) is 7.80. The van der Waals surface area contributed by atoms with Gasteiger partial charge in [-0.15, -0.1) is 0 Å². The van der Waals surface area contributed by atoms with Gasteiger partial charge >= 0.3 is 12.3 Å². The van der Waals surface area contributed by atoms with Crippen LogP contribution in [0.1, 0.15) is 38.6 Å². The predicted molar refractivity (Wildman–Crippen MR) is 104 cm³/mol. The van der Waals surface area contributed by atoms with E-state index in [-0.39, 0.29) is 36.9 Å². The number of carbonyl (C=O) groups excluding carboxylic acids is 2. The number of aromatic nitrogens is 2. The van der Waals surface area contributed by atoms with Crippen LogP contribution in [0.4, 0.5) is 18.0 Å². The predicted octanol–water partition coefficient (Wildman–Crippen LogP) is 3.79. The monoisotopic (exact) mass is 426 g/mol. The lowest BCUT2D eigenvalue weighted by atomic mass is 9.94. The largest absolute Gasteiger partial charge is 0.440 e. The van der Waals surface area contributed by atoms with Gasteiger partial charge in [0.25, 0.3) is 0 Å². The molecular formula is C20H25F3N4O3. The normalized spacial score (nSPS) is 16.7. The van der Waals surface area contributed by atoms with Gasteiger partial charge in [-0.1, -0.05) is 26.0 Å². The zero-order valence-corrected chi connectivity index (χ0v) is 16.8. The number of likely N-dealkylation sites (tertiary alicyclic amines) is 1. The van der Waals surface area contributed by atoms with E-state index in [1.165, 1.54) is 4.90 Å². The standard InChI is InChI=1S/C20H25F3N4O3/c1-12(2)16(17-24-14-5-3-4-6-15(14)25-17)26-18(28)13-7-9-27(10-8-13)19(29)30-11-20(21,22)23/h3-6,12-13,16H,7-11H2,1-2H3,(H,24,25)(H,26,28)/t16-/m1/s1. The van der Waals surface area contributed by atoms with Gasteiger partial charge in [0.15, 0.2) is 6.61 Å². The van der Waals surface area contributed by atoms with Crippen molar-refractivity contribution in [1.29, 1.82) is 0 Å². The molecule has 0 aliphatic carbocycles. The molecule has 7 nitrogen and oxygen atoms in total. The Morgan fingerprint density at radius 3 is 2.53 bits per heavy atom. The number of rotatable bonds is 5. The minimum absolute atomic E-state index is 0.0898. The van der Waals surface area contributed by atoms with E-state index in [2.05, 4.69) is 20.0 Å². The van der Waals surface area contributed by atoms with Crippen LogP contribution < -0.4 is 5.32 Å². The molecular weight excluding hydrogens is 401 g/mol. The number of fused-ring (bicyclic) bond motifs is 1. The van der Waals surface area contributed by atoms with Crippen molar-refractivity contribution in [3.05, 3.63) is 30.1 Å². The molecule has 1 atom stereocenters. The number of hydrogen-bond donors (Lipinski definition) is 2. The number of aromatic amines is 1. The van der Waals surface area contributed by atoms with Crippen LogP contribution in [0.15, 0.2) is 24.3 Å². The Labute approximate surface area is 172 Å². The molecule has 30 heavy (non-hydrogen) atoms. The quantitative estimate of drug-likeness (QED) is 0.762. The van der Waals surface area contributed by atoms with Crippen molar-refractivity contribution in [2.24, 2.45) is 11.8 Å². The first kappa shape index (κ1) is 21.9. The maximum atomic E-state index is 12.8. The Bertz CT molecular complexity index is 856. The fourth-order valence-electron chi connectivity index (χ4n) is 3.50. The summed E-state index contributed by atoms with van der Waals surface area (Å²) in [5, 5.41) is 3.04. The van der Waals surface area contributed by atoms with E-state index >= 15 is 0 Å². The van der Waals surface area contributed by atoms with Gasteiger partial charge < -0.3 is 19.9 Å². The number of H-pyrrole nitrogens is 1. The molecule has 1 saturated heterocycles. The SMILES string of the molecule is CC(C)[C@@H](NC(=O)C1CCN(C(=O)OCC(F)(F)F)CC1)c1nc2ccccc2[nH]1. The topological polar surface area (TPSA) is 87.3 Å². The summed E-state index contributed by atoms with van der Waals surface area (Å²) in [6.07, 6.45) is -4.85. The highest BCUT2D eigenvalue weighted by molar-refractivity contribution is 5.80. The van der Waals surface area contributed by atoms with Crippen LogP contribution in [0.5, 0.6) is 0 Å². The van der Waals surface area contributed by atoms with Gasteiger partial charge in [-0.25, -0.2) is 9.78 Å². The molecule has 1 fully saturated rings. The first-order chi connectivity index (χ1) is 14.1. The van der Waals surface area contributed by atoms with E-state index in [0.717, 1.165) is 11.0 Å². The molecule has 2 amide bonds. The van der Waals surface area contributed by atoms with Crippen LogP contribution in [0.2, 0.25) is 0 Å². The van der Waals surface area contributed by atoms with E-state index in [1.807, 2.05) is 38.1 Å². The van der Waals surface area contributed by atoms with E-state index in [4.69, 9.17) is 0 Å². The number of ether oxygens (including phenoxy) is 1. The average molecular weight is 426 g/mol. The minimum atomic E-state index is -4.56. The number of carbonyl (C=O) groups is 2. The minimum Gasteiger partial charge on any atom is -0.440 e. The highest BCUT2D eigenvalue weighted by Gasteiger charge is 2.33. The molecule has 0 unspecified atom stereocenters. The molecule has 2 heterocycles. The van der Waals surface area contributed by atoms with Gasteiger partial charge in [-0.2, -0.15) is 13.2 Å². The molecule has 1 aliphatic heterocycles. The zero-order valence-electron chi connectivity index (χ0n) is 16.8. The third-order valence-electron chi connectivity index (χ3n) is 5.15. The van der Waals surface area contributed by atoms with Crippen LogP contribution in [0.25, 0.3) is 11.0 Å². The van der Waals surface area contributed by atoms with Crippen LogP contribution in [-0.2, 0) is 9.53 Å².